The number of hydrogen-bond acceptors (Lipinski definition) is 3. The van der Waals surface area contributed by atoms with Crippen molar-refractivity contribution >= 4 is 0 Å². The second-order valence-electron chi connectivity index (χ2n) is 5.33. The van der Waals surface area contributed by atoms with Gasteiger partial charge in [0.2, 0.25) is 0 Å². The molecule has 2 heterocycles. The van der Waals surface area contributed by atoms with Gasteiger partial charge >= 0.3 is 0 Å². The van der Waals surface area contributed by atoms with E-state index in [2.05, 4.69) is 23.1 Å². The van der Waals surface area contributed by atoms with Crippen LogP contribution in [0.4, 0.5) is 0 Å². The first-order valence-corrected chi connectivity index (χ1v) is 6.60. The van der Waals surface area contributed by atoms with E-state index in [0.29, 0.717) is 12.0 Å². The number of aromatic nitrogens is 2. The summed E-state index contributed by atoms with van der Waals surface area (Å²) in [6, 6.07) is 0.330. The van der Waals surface area contributed by atoms with Crippen LogP contribution in [0.25, 0.3) is 0 Å². The quantitative estimate of drug-likeness (QED) is 0.849. The maximum Gasteiger partial charge on any atom is 0.0522 e. The number of nitrogens with two attached hydrogens (primary N) is 1. The van der Waals surface area contributed by atoms with Crippen molar-refractivity contribution in [1.29, 1.82) is 0 Å². The van der Waals surface area contributed by atoms with Gasteiger partial charge in [-0.2, -0.15) is 5.10 Å². The zero-order valence-corrected chi connectivity index (χ0v) is 11.0. The molecule has 1 aromatic heterocycles. The summed E-state index contributed by atoms with van der Waals surface area (Å²) in [5, 5.41) is 4.20. The van der Waals surface area contributed by atoms with Crippen LogP contribution < -0.4 is 5.73 Å². The molecule has 0 aliphatic carbocycles. The fraction of sp³-hybridized carbons (Fsp3) is 0.769. The maximum absolute atomic E-state index is 6.00. The van der Waals surface area contributed by atoms with Crippen molar-refractivity contribution in [3.8, 4) is 0 Å². The molecule has 2 atom stereocenters. The standard InChI is InChI=1S/C13H24N4/c1-11(14)13-4-3-6-17(10-13)7-5-12-8-15-16(2)9-12/h8-9,11,13H,3-7,10,14H2,1-2H3. The Kier molecular flexibility index (Phi) is 4.18. The van der Waals surface area contributed by atoms with Crippen LogP contribution in [0.15, 0.2) is 12.4 Å². The third-order valence-corrected chi connectivity index (χ3v) is 3.76. The summed E-state index contributed by atoms with van der Waals surface area (Å²) in [4.78, 5) is 2.55. The van der Waals surface area contributed by atoms with Crippen LogP contribution in [-0.2, 0) is 13.5 Å². The van der Waals surface area contributed by atoms with E-state index in [4.69, 9.17) is 5.73 Å². The van der Waals surface area contributed by atoms with Crippen LogP contribution >= 0.6 is 0 Å². The molecule has 17 heavy (non-hydrogen) atoms. The molecule has 0 bridgehead atoms. The number of aryl methyl sites for hydroxylation is 1. The van der Waals surface area contributed by atoms with E-state index in [-0.39, 0.29) is 0 Å². The number of rotatable bonds is 4. The zero-order valence-electron chi connectivity index (χ0n) is 11.0. The van der Waals surface area contributed by atoms with Gasteiger partial charge in [0.05, 0.1) is 6.20 Å². The first kappa shape index (κ1) is 12.6. The van der Waals surface area contributed by atoms with Crippen LogP contribution in [0.1, 0.15) is 25.3 Å². The third kappa shape index (κ3) is 3.54. The van der Waals surface area contributed by atoms with Crippen LogP contribution in [0.3, 0.4) is 0 Å². The lowest BCUT2D eigenvalue weighted by molar-refractivity contribution is 0.162. The first-order chi connectivity index (χ1) is 8.15. The van der Waals surface area contributed by atoms with Gasteiger partial charge in [0, 0.05) is 32.4 Å². The summed E-state index contributed by atoms with van der Waals surface area (Å²) in [5.74, 6) is 0.678. The average molecular weight is 236 g/mol. The normalized spacial score (nSPS) is 23.8. The highest BCUT2D eigenvalue weighted by Gasteiger charge is 2.22. The minimum Gasteiger partial charge on any atom is -0.328 e. The second kappa shape index (κ2) is 5.65. The van der Waals surface area contributed by atoms with Crippen molar-refractivity contribution in [2.24, 2.45) is 18.7 Å². The number of nitrogens with zero attached hydrogens (tertiary/aromatic N) is 3. The van der Waals surface area contributed by atoms with E-state index in [0.717, 1.165) is 19.5 Å². The van der Waals surface area contributed by atoms with Crippen LogP contribution in [0.5, 0.6) is 0 Å². The number of likely N-dealkylation sites (tertiary alicyclic amines) is 1. The molecule has 0 spiro atoms. The predicted molar refractivity (Wildman–Crippen MR) is 69.7 cm³/mol. The third-order valence-electron chi connectivity index (χ3n) is 3.76. The molecule has 1 fully saturated rings. The van der Waals surface area contributed by atoms with E-state index >= 15 is 0 Å². The van der Waals surface area contributed by atoms with Gasteiger partial charge in [-0.3, -0.25) is 4.68 Å². The lowest BCUT2D eigenvalue weighted by Crippen LogP contribution is -2.43. The molecule has 0 aromatic carbocycles. The van der Waals surface area contributed by atoms with E-state index in [9.17, 15) is 0 Å². The van der Waals surface area contributed by atoms with Crippen LogP contribution in [0, 0.1) is 5.92 Å². The molecule has 4 heteroatoms. The summed E-state index contributed by atoms with van der Waals surface area (Å²) in [6.45, 7) is 5.66. The van der Waals surface area contributed by atoms with Crippen molar-refractivity contribution in [3.05, 3.63) is 18.0 Å². The molecule has 2 N–H and O–H groups in total. The lowest BCUT2D eigenvalue weighted by atomic mass is 9.92. The van der Waals surface area contributed by atoms with Crippen LogP contribution in [0.2, 0.25) is 0 Å². The Bertz CT molecular complexity index is 345. The molecular formula is C13H24N4. The highest BCUT2D eigenvalue weighted by molar-refractivity contribution is 5.04. The maximum atomic E-state index is 6.00. The molecule has 2 unspecified atom stereocenters. The number of piperidine rings is 1. The Labute approximate surface area is 104 Å². The Hall–Kier alpha value is -0.870. The van der Waals surface area contributed by atoms with Crippen LogP contribution in [-0.4, -0.2) is 40.4 Å². The average Bonchev–Trinajstić information content (AvgIpc) is 2.73. The Morgan fingerprint density at radius 2 is 2.41 bits per heavy atom. The van der Waals surface area contributed by atoms with Gasteiger partial charge in [-0.1, -0.05) is 0 Å². The van der Waals surface area contributed by atoms with Gasteiger partial charge in [-0.25, -0.2) is 0 Å². The topological polar surface area (TPSA) is 47.1 Å². The lowest BCUT2D eigenvalue weighted by Gasteiger charge is -2.34. The van der Waals surface area contributed by atoms with Gasteiger partial charge in [-0.15, -0.1) is 0 Å². The summed E-state index contributed by atoms with van der Waals surface area (Å²) in [6.07, 6.45) is 7.75. The minimum absolute atomic E-state index is 0.330. The minimum atomic E-state index is 0.330. The number of hydrogen-bond donors (Lipinski definition) is 1. The molecule has 0 radical (unpaired) electrons. The van der Waals surface area contributed by atoms with Crippen molar-refractivity contribution < 1.29 is 0 Å². The summed E-state index contributed by atoms with van der Waals surface area (Å²) in [5.41, 5.74) is 7.33. The van der Waals surface area contributed by atoms with E-state index in [1.54, 1.807) is 0 Å². The molecule has 1 aliphatic rings. The molecular weight excluding hydrogens is 212 g/mol. The van der Waals surface area contributed by atoms with Gasteiger partial charge in [0.1, 0.15) is 0 Å². The molecule has 96 valence electrons. The van der Waals surface area contributed by atoms with Crippen molar-refractivity contribution in [2.45, 2.75) is 32.2 Å². The Morgan fingerprint density at radius 3 is 3.06 bits per heavy atom. The fourth-order valence-electron chi connectivity index (χ4n) is 2.61. The molecule has 1 aromatic rings. The molecule has 2 rings (SSSR count). The summed E-state index contributed by atoms with van der Waals surface area (Å²) < 4.78 is 1.87. The SMILES string of the molecule is CC(N)C1CCCN(CCc2cnn(C)c2)C1. The monoisotopic (exact) mass is 236 g/mol. The van der Waals surface area contributed by atoms with Crippen molar-refractivity contribution in [1.82, 2.24) is 14.7 Å². The van der Waals surface area contributed by atoms with E-state index < -0.39 is 0 Å². The molecule has 1 saturated heterocycles. The molecule has 4 nitrogen and oxygen atoms in total. The highest BCUT2D eigenvalue weighted by atomic mass is 15.2. The Morgan fingerprint density at radius 1 is 1.59 bits per heavy atom. The van der Waals surface area contributed by atoms with Crippen molar-refractivity contribution in [2.75, 3.05) is 19.6 Å². The largest absolute Gasteiger partial charge is 0.328 e. The highest BCUT2D eigenvalue weighted by Crippen LogP contribution is 2.18. The predicted octanol–water partition coefficient (Wildman–Crippen LogP) is 1.02. The molecule has 0 amide bonds. The van der Waals surface area contributed by atoms with Gasteiger partial charge in [-0.05, 0) is 44.2 Å². The smallest absolute Gasteiger partial charge is 0.0522 e. The summed E-state index contributed by atoms with van der Waals surface area (Å²) >= 11 is 0. The Balaban J connectivity index is 1.79. The first-order valence-electron chi connectivity index (χ1n) is 6.60. The summed E-state index contributed by atoms with van der Waals surface area (Å²) in [7, 11) is 1.97. The van der Waals surface area contributed by atoms with E-state index in [1.807, 2.05) is 17.9 Å². The second-order valence-corrected chi connectivity index (χ2v) is 5.33. The fourth-order valence-corrected chi connectivity index (χ4v) is 2.61. The van der Waals surface area contributed by atoms with E-state index in [1.165, 1.54) is 24.9 Å². The zero-order chi connectivity index (χ0) is 12.3. The van der Waals surface area contributed by atoms with Crippen molar-refractivity contribution in [3.63, 3.8) is 0 Å². The molecule has 1 aliphatic heterocycles. The van der Waals surface area contributed by atoms with Gasteiger partial charge in [0.25, 0.3) is 0 Å². The van der Waals surface area contributed by atoms with Gasteiger partial charge < -0.3 is 10.6 Å². The molecule has 0 saturated carbocycles. The van der Waals surface area contributed by atoms with Gasteiger partial charge in [0.15, 0.2) is 0 Å².